The van der Waals surface area contributed by atoms with E-state index in [2.05, 4.69) is 20.9 Å². The maximum Gasteiger partial charge on any atom is 0.186 e. The summed E-state index contributed by atoms with van der Waals surface area (Å²) in [6.07, 6.45) is 7.65. The fourth-order valence-corrected chi connectivity index (χ4v) is 2.05. The third-order valence-electron chi connectivity index (χ3n) is 2.85. The van der Waals surface area contributed by atoms with E-state index in [1.54, 1.807) is 24.5 Å². The first-order valence-electron chi connectivity index (χ1n) is 6.11. The number of aromatic nitrogens is 1. The van der Waals surface area contributed by atoms with Gasteiger partial charge in [-0.05, 0) is 41.8 Å². The van der Waals surface area contributed by atoms with Crippen molar-refractivity contribution in [3.63, 3.8) is 0 Å². The number of aryl methyl sites for hydroxylation is 1. The molecule has 0 aliphatic heterocycles. The van der Waals surface area contributed by atoms with E-state index in [9.17, 15) is 4.79 Å². The highest BCUT2D eigenvalue weighted by Gasteiger charge is 2.06. The van der Waals surface area contributed by atoms with Gasteiger partial charge < -0.3 is 0 Å². The molecule has 0 bridgehead atoms. The number of carbonyl (C=O) groups excluding carboxylic acids is 1. The lowest BCUT2D eigenvalue weighted by molar-refractivity contribution is 0.104. The van der Waals surface area contributed by atoms with Gasteiger partial charge in [-0.15, -0.1) is 0 Å². The van der Waals surface area contributed by atoms with E-state index in [4.69, 9.17) is 0 Å². The molecule has 0 fully saturated rings. The molecule has 0 saturated heterocycles. The minimum Gasteiger partial charge on any atom is -0.289 e. The molecule has 96 valence electrons. The lowest BCUT2D eigenvalue weighted by Crippen LogP contribution is -2.00. The molecule has 0 unspecified atom stereocenters. The van der Waals surface area contributed by atoms with Crippen molar-refractivity contribution in [2.24, 2.45) is 0 Å². The molecule has 0 N–H and O–H groups in total. The number of hydrogen-bond acceptors (Lipinski definition) is 2. The number of rotatable bonds is 4. The van der Waals surface area contributed by atoms with Crippen LogP contribution in [0.5, 0.6) is 0 Å². The zero-order chi connectivity index (χ0) is 13.7. The zero-order valence-electron chi connectivity index (χ0n) is 10.6. The maximum atomic E-state index is 12.1. The molecule has 0 amide bonds. The standard InChI is InChI=1S/C16H14BrNO/c1-2-13-11-18-10-9-15(13)16(19)8-5-12-3-6-14(17)7-4-12/h3-11H,2H2,1H3/b8-5+. The van der Waals surface area contributed by atoms with E-state index < -0.39 is 0 Å². The monoisotopic (exact) mass is 315 g/mol. The minimum absolute atomic E-state index is 0.0159. The summed E-state index contributed by atoms with van der Waals surface area (Å²) in [4.78, 5) is 16.2. The Morgan fingerprint density at radius 2 is 2.00 bits per heavy atom. The Balaban J connectivity index is 2.19. The highest BCUT2D eigenvalue weighted by molar-refractivity contribution is 9.10. The number of pyridine rings is 1. The van der Waals surface area contributed by atoms with Crippen molar-refractivity contribution in [2.75, 3.05) is 0 Å². The quantitative estimate of drug-likeness (QED) is 0.622. The van der Waals surface area contributed by atoms with Crippen molar-refractivity contribution >= 4 is 27.8 Å². The van der Waals surface area contributed by atoms with E-state index in [1.807, 2.05) is 37.3 Å². The van der Waals surface area contributed by atoms with Crippen LogP contribution < -0.4 is 0 Å². The number of hydrogen-bond donors (Lipinski definition) is 0. The van der Waals surface area contributed by atoms with E-state index in [0.717, 1.165) is 27.6 Å². The number of nitrogens with zero attached hydrogens (tertiary/aromatic N) is 1. The second-order valence-electron chi connectivity index (χ2n) is 4.14. The van der Waals surface area contributed by atoms with Gasteiger partial charge in [-0.3, -0.25) is 9.78 Å². The number of benzene rings is 1. The van der Waals surface area contributed by atoms with Gasteiger partial charge in [0.15, 0.2) is 5.78 Å². The van der Waals surface area contributed by atoms with Crippen molar-refractivity contribution < 1.29 is 4.79 Å². The van der Waals surface area contributed by atoms with Gasteiger partial charge in [0.05, 0.1) is 0 Å². The van der Waals surface area contributed by atoms with Crippen molar-refractivity contribution in [1.29, 1.82) is 0 Å². The van der Waals surface area contributed by atoms with E-state index in [1.165, 1.54) is 0 Å². The van der Waals surface area contributed by atoms with Gasteiger partial charge in [0.25, 0.3) is 0 Å². The van der Waals surface area contributed by atoms with Crippen molar-refractivity contribution in [3.05, 3.63) is 70.0 Å². The Morgan fingerprint density at radius 3 is 2.68 bits per heavy atom. The minimum atomic E-state index is 0.0159. The summed E-state index contributed by atoms with van der Waals surface area (Å²) in [5.74, 6) is 0.0159. The summed E-state index contributed by atoms with van der Waals surface area (Å²) in [6, 6.07) is 9.59. The highest BCUT2D eigenvalue weighted by atomic mass is 79.9. The van der Waals surface area contributed by atoms with Gasteiger partial charge >= 0.3 is 0 Å². The maximum absolute atomic E-state index is 12.1. The Labute approximate surface area is 121 Å². The normalized spacial score (nSPS) is 10.8. The summed E-state index contributed by atoms with van der Waals surface area (Å²) < 4.78 is 1.03. The van der Waals surface area contributed by atoms with Crippen molar-refractivity contribution in [1.82, 2.24) is 4.98 Å². The molecular weight excluding hydrogens is 302 g/mol. The van der Waals surface area contributed by atoms with Gasteiger partial charge in [0.2, 0.25) is 0 Å². The van der Waals surface area contributed by atoms with Crippen LogP contribution in [0.3, 0.4) is 0 Å². The van der Waals surface area contributed by atoms with Gasteiger partial charge in [-0.1, -0.05) is 41.1 Å². The number of ketones is 1. The van der Waals surface area contributed by atoms with Gasteiger partial charge in [-0.25, -0.2) is 0 Å². The molecular formula is C16H14BrNO. The molecule has 0 aliphatic carbocycles. The van der Waals surface area contributed by atoms with E-state index in [-0.39, 0.29) is 5.78 Å². The van der Waals surface area contributed by atoms with E-state index in [0.29, 0.717) is 0 Å². The van der Waals surface area contributed by atoms with Crippen LogP contribution >= 0.6 is 15.9 Å². The molecule has 0 radical (unpaired) electrons. The molecule has 3 heteroatoms. The molecule has 0 aliphatic rings. The zero-order valence-corrected chi connectivity index (χ0v) is 12.2. The smallest absolute Gasteiger partial charge is 0.186 e. The topological polar surface area (TPSA) is 30.0 Å². The highest BCUT2D eigenvalue weighted by Crippen LogP contribution is 2.13. The average Bonchev–Trinajstić information content (AvgIpc) is 2.46. The average molecular weight is 316 g/mol. The molecule has 2 rings (SSSR count). The molecule has 2 nitrogen and oxygen atoms in total. The molecule has 0 atom stereocenters. The molecule has 2 aromatic rings. The van der Waals surface area contributed by atoms with Gasteiger partial charge in [-0.2, -0.15) is 0 Å². The van der Waals surface area contributed by atoms with Gasteiger partial charge in [0.1, 0.15) is 0 Å². The molecule has 1 heterocycles. The van der Waals surface area contributed by atoms with Crippen LogP contribution in [0.15, 0.2) is 53.3 Å². The lowest BCUT2D eigenvalue weighted by Gasteiger charge is -2.02. The van der Waals surface area contributed by atoms with Crippen LogP contribution in [0.25, 0.3) is 6.08 Å². The fourth-order valence-electron chi connectivity index (χ4n) is 1.78. The van der Waals surface area contributed by atoms with Crippen LogP contribution in [-0.4, -0.2) is 10.8 Å². The summed E-state index contributed by atoms with van der Waals surface area (Å²) >= 11 is 3.38. The number of allylic oxidation sites excluding steroid dienone is 1. The molecule has 1 aromatic carbocycles. The second-order valence-corrected chi connectivity index (χ2v) is 5.05. The Bertz CT molecular complexity index is 602. The summed E-state index contributed by atoms with van der Waals surface area (Å²) in [6.45, 7) is 2.02. The summed E-state index contributed by atoms with van der Waals surface area (Å²) in [5, 5.41) is 0. The lowest BCUT2D eigenvalue weighted by atomic mass is 10.0. The van der Waals surface area contributed by atoms with Crippen LogP contribution in [0.1, 0.15) is 28.4 Å². The summed E-state index contributed by atoms with van der Waals surface area (Å²) in [5.41, 5.74) is 2.71. The Kier molecular flexibility index (Phi) is 4.63. The first kappa shape index (κ1) is 13.7. The summed E-state index contributed by atoms with van der Waals surface area (Å²) in [7, 11) is 0. The Hall–Kier alpha value is -1.74. The van der Waals surface area contributed by atoms with Crippen molar-refractivity contribution in [3.8, 4) is 0 Å². The number of carbonyl (C=O) groups is 1. The third kappa shape index (κ3) is 3.61. The van der Waals surface area contributed by atoms with E-state index >= 15 is 0 Å². The molecule has 19 heavy (non-hydrogen) atoms. The second kappa shape index (κ2) is 6.43. The fraction of sp³-hybridized carbons (Fsp3) is 0.125. The van der Waals surface area contributed by atoms with Crippen molar-refractivity contribution in [2.45, 2.75) is 13.3 Å². The SMILES string of the molecule is CCc1cnccc1C(=O)/C=C/c1ccc(Br)cc1. The Morgan fingerprint density at radius 1 is 1.26 bits per heavy atom. The third-order valence-corrected chi connectivity index (χ3v) is 3.38. The largest absolute Gasteiger partial charge is 0.289 e. The van der Waals surface area contributed by atoms with Crippen LogP contribution in [0, 0.1) is 0 Å². The van der Waals surface area contributed by atoms with Crippen LogP contribution in [0.2, 0.25) is 0 Å². The predicted octanol–water partition coefficient (Wildman–Crippen LogP) is 4.30. The van der Waals surface area contributed by atoms with Gasteiger partial charge in [0, 0.05) is 22.4 Å². The van der Waals surface area contributed by atoms with Crippen LogP contribution in [0.4, 0.5) is 0 Å². The first-order chi connectivity index (χ1) is 9.20. The van der Waals surface area contributed by atoms with Crippen LogP contribution in [-0.2, 0) is 6.42 Å². The molecule has 1 aromatic heterocycles. The first-order valence-corrected chi connectivity index (χ1v) is 6.91. The predicted molar refractivity (Wildman–Crippen MR) is 81.1 cm³/mol. The molecule has 0 saturated carbocycles. The number of halogens is 1. The molecule has 0 spiro atoms.